The number of benzene rings is 2. The first-order chi connectivity index (χ1) is 13.4. The Balaban J connectivity index is 1.72. The highest BCUT2D eigenvalue weighted by atomic mass is 35.5. The van der Waals surface area contributed by atoms with E-state index >= 15 is 0 Å². The van der Waals surface area contributed by atoms with Gasteiger partial charge in [-0.15, -0.1) is 0 Å². The quantitative estimate of drug-likeness (QED) is 0.656. The van der Waals surface area contributed by atoms with Crippen molar-refractivity contribution in [3.63, 3.8) is 0 Å². The van der Waals surface area contributed by atoms with E-state index in [-0.39, 0.29) is 17.9 Å². The summed E-state index contributed by atoms with van der Waals surface area (Å²) in [5.41, 5.74) is -0.981. The number of furan rings is 1. The number of hydrogen-bond acceptors (Lipinski definition) is 4. The molecule has 2 heterocycles. The van der Waals surface area contributed by atoms with Crippen molar-refractivity contribution >= 4 is 29.0 Å². The number of rotatable bonds is 5. The molecule has 5 nitrogen and oxygen atoms in total. The second-order valence-corrected chi connectivity index (χ2v) is 7.05. The molecule has 1 aromatic heterocycles. The third-order valence-electron chi connectivity index (χ3n) is 4.76. The van der Waals surface area contributed by atoms with E-state index < -0.39 is 29.5 Å². The molecule has 1 aliphatic heterocycles. The summed E-state index contributed by atoms with van der Waals surface area (Å²) in [5, 5.41) is 11.7. The third kappa shape index (κ3) is 3.10. The number of hydrogen-bond donors (Lipinski definition) is 1. The van der Waals surface area contributed by atoms with Crippen LogP contribution in [0, 0.1) is 5.82 Å². The highest BCUT2D eigenvalue weighted by Gasteiger charge is 2.51. The van der Waals surface area contributed by atoms with E-state index in [4.69, 9.17) is 16.0 Å². The molecule has 142 valence electrons. The van der Waals surface area contributed by atoms with Crippen LogP contribution in [0.15, 0.2) is 65.3 Å². The van der Waals surface area contributed by atoms with E-state index in [2.05, 4.69) is 0 Å². The van der Waals surface area contributed by atoms with Gasteiger partial charge in [0, 0.05) is 10.6 Å². The van der Waals surface area contributed by atoms with Gasteiger partial charge in [-0.3, -0.25) is 9.59 Å². The van der Waals surface area contributed by atoms with Crippen LogP contribution in [0.4, 0.5) is 10.1 Å². The number of fused-ring (bicyclic) bond motifs is 1. The zero-order chi connectivity index (χ0) is 19.9. The van der Waals surface area contributed by atoms with Crippen molar-refractivity contribution < 1.29 is 23.5 Å². The van der Waals surface area contributed by atoms with Gasteiger partial charge in [-0.25, -0.2) is 4.39 Å². The molecule has 0 aliphatic carbocycles. The van der Waals surface area contributed by atoms with Gasteiger partial charge in [0.1, 0.15) is 5.82 Å². The Hall–Kier alpha value is -2.96. The number of amides is 1. The van der Waals surface area contributed by atoms with Crippen LogP contribution in [-0.4, -0.2) is 16.8 Å². The van der Waals surface area contributed by atoms with Crippen molar-refractivity contribution in [3.05, 3.63) is 88.6 Å². The Bertz CT molecular complexity index is 1050. The number of halogens is 2. The molecule has 1 unspecified atom stereocenters. The minimum Gasteiger partial charge on any atom is -0.461 e. The fraction of sp³-hybridized carbons (Fsp3) is 0.143. The predicted molar refractivity (Wildman–Crippen MR) is 101 cm³/mol. The van der Waals surface area contributed by atoms with E-state index in [1.165, 1.54) is 35.4 Å². The largest absolute Gasteiger partial charge is 0.461 e. The van der Waals surface area contributed by atoms with Crippen molar-refractivity contribution in [1.29, 1.82) is 0 Å². The summed E-state index contributed by atoms with van der Waals surface area (Å²) in [4.78, 5) is 26.9. The van der Waals surface area contributed by atoms with Gasteiger partial charge in [-0.05, 0) is 48.0 Å². The maximum absolute atomic E-state index is 13.9. The molecule has 1 N–H and O–H groups in total. The molecule has 0 fully saturated rings. The molecule has 0 spiro atoms. The van der Waals surface area contributed by atoms with Gasteiger partial charge in [0.2, 0.25) is 5.78 Å². The fourth-order valence-corrected chi connectivity index (χ4v) is 3.51. The fourth-order valence-electron chi connectivity index (χ4n) is 3.38. The summed E-state index contributed by atoms with van der Waals surface area (Å²) in [6.07, 6.45) is 0.779. The highest BCUT2D eigenvalue weighted by Crippen LogP contribution is 2.44. The molecule has 1 aliphatic rings. The summed E-state index contributed by atoms with van der Waals surface area (Å²) in [6, 6.07) is 13.6. The number of anilines is 1. The van der Waals surface area contributed by atoms with Gasteiger partial charge >= 0.3 is 0 Å². The Morgan fingerprint density at radius 3 is 2.61 bits per heavy atom. The molecular formula is C21H15ClFNO4. The standard InChI is InChI=1S/C21H15ClFNO4/c22-14-5-3-13(4-6-14)12-24-17-8-7-15(23)10-16(17)21(27,20(24)26)11-18(25)19-2-1-9-28-19/h1-10,27H,11-12H2. The lowest BCUT2D eigenvalue weighted by Crippen LogP contribution is -2.41. The lowest BCUT2D eigenvalue weighted by molar-refractivity contribution is -0.136. The molecule has 0 radical (unpaired) electrons. The maximum atomic E-state index is 13.9. The Morgan fingerprint density at radius 2 is 1.93 bits per heavy atom. The first kappa shape index (κ1) is 18.4. The summed E-state index contributed by atoms with van der Waals surface area (Å²) in [6.45, 7) is 0.145. The second-order valence-electron chi connectivity index (χ2n) is 6.62. The molecule has 4 rings (SSSR count). The van der Waals surface area contributed by atoms with Gasteiger partial charge in [0.15, 0.2) is 11.4 Å². The third-order valence-corrected chi connectivity index (χ3v) is 5.01. The Morgan fingerprint density at radius 1 is 1.18 bits per heavy atom. The molecule has 0 saturated heterocycles. The van der Waals surface area contributed by atoms with Crippen LogP contribution < -0.4 is 4.90 Å². The van der Waals surface area contributed by atoms with Crippen LogP contribution in [0.3, 0.4) is 0 Å². The van der Waals surface area contributed by atoms with Crippen LogP contribution >= 0.6 is 11.6 Å². The van der Waals surface area contributed by atoms with Crippen molar-refractivity contribution in [2.75, 3.05) is 4.90 Å². The van der Waals surface area contributed by atoms with Crippen LogP contribution in [0.1, 0.15) is 28.1 Å². The van der Waals surface area contributed by atoms with Crippen LogP contribution in [-0.2, 0) is 16.9 Å². The highest BCUT2D eigenvalue weighted by molar-refractivity contribution is 6.30. The molecule has 28 heavy (non-hydrogen) atoms. The van der Waals surface area contributed by atoms with Crippen LogP contribution in [0.5, 0.6) is 0 Å². The van der Waals surface area contributed by atoms with E-state index in [0.717, 1.165) is 11.6 Å². The van der Waals surface area contributed by atoms with Crippen molar-refractivity contribution in [2.45, 2.75) is 18.6 Å². The molecular weight excluding hydrogens is 385 g/mol. The van der Waals surface area contributed by atoms with Gasteiger partial charge in [0.25, 0.3) is 5.91 Å². The number of aliphatic hydroxyl groups is 1. The minimum absolute atomic E-state index is 0.0235. The van der Waals surface area contributed by atoms with Gasteiger partial charge in [-0.2, -0.15) is 0 Å². The smallest absolute Gasteiger partial charge is 0.264 e. The second kappa shape index (κ2) is 6.89. The van der Waals surface area contributed by atoms with Gasteiger partial charge in [-0.1, -0.05) is 23.7 Å². The zero-order valence-corrected chi connectivity index (χ0v) is 15.3. The number of Topliss-reactive ketones (excluding diaryl/α,β-unsaturated/α-hetero) is 1. The molecule has 1 amide bonds. The number of carbonyl (C=O) groups excluding carboxylic acids is 2. The summed E-state index contributed by atoms with van der Waals surface area (Å²) in [5.74, 6) is -1.83. The number of carbonyl (C=O) groups is 2. The maximum Gasteiger partial charge on any atom is 0.264 e. The van der Waals surface area contributed by atoms with E-state index in [0.29, 0.717) is 10.7 Å². The Labute approximate surface area is 165 Å². The summed E-state index contributed by atoms with van der Waals surface area (Å²) >= 11 is 5.90. The van der Waals surface area contributed by atoms with Crippen LogP contribution in [0.25, 0.3) is 0 Å². The number of ketones is 1. The lowest BCUT2D eigenvalue weighted by Gasteiger charge is -2.22. The minimum atomic E-state index is -2.17. The molecule has 0 bridgehead atoms. The summed E-state index contributed by atoms with van der Waals surface area (Å²) < 4.78 is 18.9. The molecule has 0 saturated carbocycles. The Kier molecular flexibility index (Phi) is 4.53. The predicted octanol–water partition coefficient (Wildman–Crippen LogP) is 4.08. The molecule has 7 heteroatoms. The van der Waals surface area contributed by atoms with E-state index in [1.54, 1.807) is 24.3 Å². The normalized spacial score (nSPS) is 18.4. The average molecular weight is 400 g/mol. The van der Waals surface area contributed by atoms with Crippen molar-refractivity contribution in [1.82, 2.24) is 0 Å². The SMILES string of the molecule is O=C(CC1(O)C(=O)N(Cc2ccc(Cl)cc2)c2ccc(F)cc21)c1ccco1. The summed E-state index contributed by atoms with van der Waals surface area (Å²) in [7, 11) is 0. The number of nitrogens with zero attached hydrogens (tertiary/aromatic N) is 1. The molecule has 2 aromatic carbocycles. The monoisotopic (exact) mass is 399 g/mol. The molecule has 1 atom stereocenters. The first-order valence-corrected chi connectivity index (χ1v) is 8.92. The topological polar surface area (TPSA) is 70.8 Å². The van der Waals surface area contributed by atoms with E-state index in [1.807, 2.05) is 0 Å². The van der Waals surface area contributed by atoms with Gasteiger partial charge in [0.05, 0.1) is 24.9 Å². The first-order valence-electron chi connectivity index (χ1n) is 8.54. The average Bonchev–Trinajstić information content (AvgIpc) is 3.27. The van der Waals surface area contributed by atoms with Gasteiger partial charge < -0.3 is 14.4 Å². The van der Waals surface area contributed by atoms with Crippen molar-refractivity contribution in [2.24, 2.45) is 0 Å². The van der Waals surface area contributed by atoms with Crippen molar-refractivity contribution in [3.8, 4) is 0 Å². The van der Waals surface area contributed by atoms with E-state index in [9.17, 15) is 19.1 Å². The van der Waals surface area contributed by atoms with Crippen LogP contribution in [0.2, 0.25) is 5.02 Å². The molecule has 3 aromatic rings. The zero-order valence-electron chi connectivity index (χ0n) is 14.6. The lowest BCUT2D eigenvalue weighted by atomic mass is 9.89.